The highest BCUT2D eigenvalue weighted by molar-refractivity contribution is 6.28. The van der Waals surface area contributed by atoms with Crippen LogP contribution in [0.5, 0.6) is 0 Å². The van der Waals surface area contributed by atoms with E-state index in [1.807, 2.05) is 11.9 Å². The van der Waals surface area contributed by atoms with Gasteiger partial charge in [-0.25, -0.2) is 5.06 Å². The maximum absolute atomic E-state index is 15.1. The summed E-state index contributed by atoms with van der Waals surface area (Å²) in [4.78, 5) is 35.1. The normalized spacial score (nSPS) is 17.9. The maximum atomic E-state index is 15.1. The van der Waals surface area contributed by atoms with Crippen molar-refractivity contribution in [2.45, 2.75) is 32.1 Å². The van der Waals surface area contributed by atoms with E-state index in [0.29, 0.717) is 37.0 Å². The molecule has 0 aromatic carbocycles. The summed E-state index contributed by atoms with van der Waals surface area (Å²) < 4.78 is 15.1. The number of hydrazine groups is 1. The van der Waals surface area contributed by atoms with E-state index in [0.717, 1.165) is 31.4 Å². The summed E-state index contributed by atoms with van der Waals surface area (Å²) in [7, 11) is 1.91. The lowest BCUT2D eigenvalue weighted by molar-refractivity contribution is -0.154. The number of piperazine rings is 1. The number of nitrogens with zero attached hydrogens (tertiary/aromatic N) is 5. The third kappa shape index (κ3) is 5.98. The second-order valence-electron chi connectivity index (χ2n) is 8.31. The minimum Gasteiger partial charge on any atom is -0.375 e. The number of carbonyl (C=O) groups excluding carboxylic acids is 2. The summed E-state index contributed by atoms with van der Waals surface area (Å²) in [6.07, 6.45) is 4.96. The van der Waals surface area contributed by atoms with Crippen molar-refractivity contribution in [3.05, 3.63) is 23.4 Å². The van der Waals surface area contributed by atoms with E-state index < -0.39 is 17.6 Å². The van der Waals surface area contributed by atoms with E-state index in [4.69, 9.17) is 11.6 Å². The molecular weight excluding hydrogens is 441 g/mol. The molecule has 176 valence electrons. The number of rotatable bonds is 9. The zero-order valence-corrected chi connectivity index (χ0v) is 18.8. The van der Waals surface area contributed by atoms with Crippen LogP contribution >= 0.6 is 11.6 Å². The average molecular weight is 470 g/mol. The summed E-state index contributed by atoms with van der Waals surface area (Å²) in [5.74, 6) is -1.82. The van der Waals surface area contributed by atoms with Crippen LogP contribution in [0, 0.1) is 17.7 Å². The van der Waals surface area contributed by atoms with E-state index in [-0.39, 0.29) is 29.9 Å². The third-order valence-corrected chi connectivity index (χ3v) is 6.19. The number of hydroxylamine groups is 2. The van der Waals surface area contributed by atoms with Crippen molar-refractivity contribution in [3.8, 4) is 0 Å². The van der Waals surface area contributed by atoms with E-state index in [1.54, 1.807) is 4.90 Å². The molecule has 1 saturated carbocycles. The standard InChI is InChI=1S/C20H29ClFN7O3/c1-13-10-28(8-7-27(13)2)18-16(22)17(23-20(21)24-18)25-26-19(31)15(11-29(32)12-30)9-14-5-3-4-6-14/h12,14-15,32H,1,3-11H2,2H3,(H,26,31)(H,23,24,25)/t15-/m1/s1. The number of hydrogen-bond donors (Lipinski definition) is 3. The first kappa shape index (κ1) is 24.0. The van der Waals surface area contributed by atoms with Crippen LogP contribution in [0.25, 0.3) is 0 Å². The second-order valence-corrected chi connectivity index (χ2v) is 8.65. The molecular formula is C20H29ClFN7O3. The van der Waals surface area contributed by atoms with Gasteiger partial charge in [-0.3, -0.25) is 25.6 Å². The molecule has 3 N–H and O–H groups in total. The van der Waals surface area contributed by atoms with Gasteiger partial charge in [0.25, 0.3) is 0 Å². The van der Waals surface area contributed by atoms with Gasteiger partial charge in [-0.05, 0) is 23.9 Å². The molecule has 1 aromatic heterocycles. The highest BCUT2D eigenvalue weighted by Crippen LogP contribution is 2.31. The number of anilines is 2. The minimum absolute atomic E-state index is 0.0148. The lowest BCUT2D eigenvalue weighted by Gasteiger charge is -2.36. The van der Waals surface area contributed by atoms with E-state index in [9.17, 15) is 14.8 Å². The van der Waals surface area contributed by atoms with Gasteiger partial charge in [0.2, 0.25) is 23.4 Å². The largest absolute Gasteiger partial charge is 0.375 e. The molecule has 0 unspecified atom stereocenters. The molecule has 1 aliphatic carbocycles. The van der Waals surface area contributed by atoms with Crippen molar-refractivity contribution >= 4 is 35.6 Å². The predicted molar refractivity (Wildman–Crippen MR) is 117 cm³/mol. The highest BCUT2D eigenvalue weighted by atomic mass is 35.5. The Balaban J connectivity index is 1.69. The molecule has 0 radical (unpaired) electrons. The van der Waals surface area contributed by atoms with Gasteiger partial charge >= 0.3 is 0 Å². The number of nitrogens with one attached hydrogen (secondary N) is 2. The molecule has 1 saturated heterocycles. The smallest absolute Gasteiger partial charge is 0.243 e. The van der Waals surface area contributed by atoms with E-state index in [1.165, 1.54) is 0 Å². The van der Waals surface area contributed by atoms with Crippen LogP contribution in [0.1, 0.15) is 32.1 Å². The number of halogens is 2. The van der Waals surface area contributed by atoms with Crippen molar-refractivity contribution in [2.75, 3.05) is 43.6 Å². The first-order valence-corrected chi connectivity index (χ1v) is 11.0. The Morgan fingerprint density at radius 3 is 2.78 bits per heavy atom. The summed E-state index contributed by atoms with van der Waals surface area (Å²) in [6, 6.07) is 0. The van der Waals surface area contributed by atoms with Crippen LogP contribution in [-0.4, -0.2) is 70.7 Å². The zero-order valence-electron chi connectivity index (χ0n) is 18.1. The van der Waals surface area contributed by atoms with Gasteiger partial charge in [0.1, 0.15) is 0 Å². The van der Waals surface area contributed by atoms with Crippen molar-refractivity contribution in [2.24, 2.45) is 11.8 Å². The Morgan fingerprint density at radius 2 is 2.12 bits per heavy atom. The molecule has 2 aliphatic rings. The number of amides is 2. The molecule has 10 nitrogen and oxygen atoms in total. The molecule has 32 heavy (non-hydrogen) atoms. The van der Waals surface area contributed by atoms with Gasteiger partial charge in [-0.15, -0.1) is 0 Å². The fourth-order valence-electron chi connectivity index (χ4n) is 4.14. The Hall–Kier alpha value is -2.66. The van der Waals surface area contributed by atoms with Crippen LogP contribution in [0.3, 0.4) is 0 Å². The summed E-state index contributed by atoms with van der Waals surface area (Å²) in [6.45, 7) is 5.36. The molecule has 1 aliphatic heterocycles. The number of aromatic nitrogens is 2. The van der Waals surface area contributed by atoms with Crippen LogP contribution in [0.4, 0.5) is 16.0 Å². The van der Waals surface area contributed by atoms with Gasteiger partial charge < -0.3 is 9.80 Å². The Labute approximate surface area is 191 Å². The lowest BCUT2D eigenvalue weighted by Crippen LogP contribution is -2.44. The van der Waals surface area contributed by atoms with Crippen molar-refractivity contribution in [3.63, 3.8) is 0 Å². The quantitative estimate of drug-likeness (QED) is 0.218. The van der Waals surface area contributed by atoms with Crippen molar-refractivity contribution < 1.29 is 19.2 Å². The number of carbonyl (C=O) groups is 2. The summed E-state index contributed by atoms with van der Waals surface area (Å²) >= 11 is 6.01. The molecule has 2 heterocycles. The number of likely N-dealkylation sites (N-methyl/N-ethyl adjacent to an activating group) is 1. The van der Waals surface area contributed by atoms with Crippen LogP contribution in [-0.2, 0) is 9.59 Å². The molecule has 0 spiro atoms. The topological polar surface area (TPSA) is 114 Å². The minimum atomic E-state index is -0.754. The van der Waals surface area contributed by atoms with Gasteiger partial charge in [-0.1, -0.05) is 32.3 Å². The zero-order chi connectivity index (χ0) is 23.3. The molecule has 1 aromatic rings. The van der Waals surface area contributed by atoms with Crippen LogP contribution < -0.4 is 15.8 Å². The van der Waals surface area contributed by atoms with Crippen molar-refractivity contribution in [1.82, 2.24) is 25.4 Å². The van der Waals surface area contributed by atoms with Gasteiger partial charge in [0.15, 0.2) is 11.6 Å². The molecule has 2 fully saturated rings. The molecule has 12 heteroatoms. The fraction of sp³-hybridized carbons (Fsp3) is 0.600. The highest BCUT2D eigenvalue weighted by Gasteiger charge is 2.28. The monoisotopic (exact) mass is 469 g/mol. The summed E-state index contributed by atoms with van der Waals surface area (Å²) in [5.41, 5.74) is 5.74. The molecule has 0 bridgehead atoms. The van der Waals surface area contributed by atoms with Crippen molar-refractivity contribution in [1.29, 1.82) is 0 Å². The first-order chi connectivity index (χ1) is 15.3. The van der Waals surface area contributed by atoms with Gasteiger partial charge in [0.05, 0.1) is 19.0 Å². The van der Waals surface area contributed by atoms with Gasteiger partial charge in [0, 0.05) is 25.8 Å². The van der Waals surface area contributed by atoms with E-state index in [2.05, 4.69) is 27.4 Å². The lowest BCUT2D eigenvalue weighted by atomic mass is 9.92. The molecule has 1 atom stereocenters. The Morgan fingerprint density at radius 1 is 1.41 bits per heavy atom. The SMILES string of the molecule is C=C1CN(c2nc(Cl)nc(NNC(=O)[C@H](CC3CCCC3)CN(O)C=O)c2F)CCN1C. The maximum Gasteiger partial charge on any atom is 0.243 e. The van der Waals surface area contributed by atoms with Gasteiger partial charge in [-0.2, -0.15) is 14.4 Å². The Kier molecular flexibility index (Phi) is 8.08. The average Bonchev–Trinajstić information content (AvgIpc) is 3.28. The fourth-order valence-corrected chi connectivity index (χ4v) is 4.30. The summed E-state index contributed by atoms with van der Waals surface area (Å²) in [5, 5.41) is 9.86. The van der Waals surface area contributed by atoms with E-state index >= 15 is 4.39 Å². The first-order valence-electron chi connectivity index (χ1n) is 10.6. The Bertz CT molecular complexity index is 853. The predicted octanol–water partition coefficient (Wildman–Crippen LogP) is 2.02. The third-order valence-electron chi connectivity index (χ3n) is 6.02. The number of hydrogen-bond acceptors (Lipinski definition) is 8. The van der Waals surface area contributed by atoms with Crippen LogP contribution in [0.15, 0.2) is 12.3 Å². The molecule has 3 rings (SSSR count). The second kappa shape index (κ2) is 10.8. The van der Waals surface area contributed by atoms with Crippen LogP contribution in [0.2, 0.25) is 5.28 Å². The molecule has 2 amide bonds.